The molecule has 0 aliphatic heterocycles. The minimum Gasteiger partial charge on any atom is -0.345 e. The minimum atomic E-state index is 0.00388. The SMILES string of the molecule is CCCCCn1nc(C(=O)NC23CC4CC(CC(C4)C2)C3)c2cccnc21. The predicted molar refractivity (Wildman–Crippen MR) is 105 cm³/mol. The second-order valence-corrected chi connectivity index (χ2v) is 9.31. The molecular formula is C22H30N4O. The number of amides is 1. The van der Waals surface area contributed by atoms with Crippen LogP contribution in [0.3, 0.4) is 0 Å². The van der Waals surface area contributed by atoms with E-state index < -0.39 is 0 Å². The zero-order chi connectivity index (χ0) is 18.4. The summed E-state index contributed by atoms with van der Waals surface area (Å²) in [6, 6.07) is 3.89. The Morgan fingerprint density at radius 1 is 1.19 bits per heavy atom. The molecule has 4 fully saturated rings. The van der Waals surface area contributed by atoms with E-state index in [9.17, 15) is 4.79 Å². The number of fused-ring (bicyclic) bond motifs is 1. The van der Waals surface area contributed by atoms with Gasteiger partial charge in [-0.2, -0.15) is 5.10 Å². The summed E-state index contributed by atoms with van der Waals surface area (Å²) < 4.78 is 1.93. The summed E-state index contributed by atoms with van der Waals surface area (Å²) in [5.74, 6) is 2.47. The molecule has 2 heterocycles. The number of nitrogens with zero attached hydrogens (tertiary/aromatic N) is 3. The Labute approximate surface area is 160 Å². The average molecular weight is 367 g/mol. The fraction of sp³-hybridized carbons (Fsp3) is 0.682. The Bertz CT molecular complexity index is 820. The van der Waals surface area contributed by atoms with Gasteiger partial charge in [0, 0.05) is 18.3 Å². The fourth-order valence-corrected chi connectivity index (χ4v) is 6.41. The molecule has 27 heavy (non-hydrogen) atoms. The highest BCUT2D eigenvalue weighted by molar-refractivity contribution is 6.04. The summed E-state index contributed by atoms with van der Waals surface area (Å²) in [5.41, 5.74) is 1.42. The smallest absolute Gasteiger partial charge is 0.272 e. The summed E-state index contributed by atoms with van der Waals surface area (Å²) in [4.78, 5) is 17.8. The Kier molecular flexibility index (Phi) is 4.21. The normalized spacial score (nSPS) is 31.5. The first-order valence-electron chi connectivity index (χ1n) is 10.8. The van der Waals surface area contributed by atoms with E-state index in [1.807, 2.05) is 16.8 Å². The molecule has 2 aromatic heterocycles. The van der Waals surface area contributed by atoms with Crippen molar-refractivity contribution < 1.29 is 4.79 Å². The Morgan fingerprint density at radius 2 is 1.89 bits per heavy atom. The number of pyridine rings is 1. The van der Waals surface area contributed by atoms with Crippen LogP contribution in [0.25, 0.3) is 11.0 Å². The zero-order valence-corrected chi connectivity index (χ0v) is 16.3. The van der Waals surface area contributed by atoms with Crippen molar-refractivity contribution in [1.29, 1.82) is 0 Å². The predicted octanol–water partition coefficient (Wildman–Crippen LogP) is 4.32. The molecule has 5 heteroatoms. The number of aryl methyl sites for hydroxylation is 1. The molecule has 0 radical (unpaired) electrons. The van der Waals surface area contributed by atoms with Crippen LogP contribution in [0, 0.1) is 17.8 Å². The van der Waals surface area contributed by atoms with Gasteiger partial charge in [0.1, 0.15) is 0 Å². The molecule has 0 saturated heterocycles. The highest BCUT2D eigenvalue weighted by Gasteiger charge is 2.51. The average Bonchev–Trinajstić information content (AvgIpc) is 3.00. The summed E-state index contributed by atoms with van der Waals surface area (Å²) in [7, 11) is 0. The lowest BCUT2D eigenvalue weighted by Crippen LogP contribution is -2.59. The van der Waals surface area contributed by atoms with E-state index in [2.05, 4.69) is 17.2 Å². The van der Waals surface area contributed by atoms with Crippen molar-refractivity contribution in [3.63, 3.8) is 0 Å². The van der Waals surface area contributed by atoms with E-state index in [1.165, 1.54) is 51.4 Å². The molecule has 2 aromatic rings. The molecule has 0 spiro atoms. The van der Waals surface area contributed by atoms with E-state index >= 15 is 0 Å². The van der Waals surface area contributed by atoms with Crippen molar-refractivity contribution >= 4 is 16.9 Å². The number of carbonyl (C=O) groups is 1. The maximum absolute atomic E-state index is 13.3. The molecule has 4 aliphatic rings. The first-order chi connectivity index (χ1) is 13.2. The van der Waals surface area contributed by atoms with Gasteiger partial charge in [-0.25, -0.2) is 9.67 Å². The molecular weight excluding hydrogens is 336 g/mol. The van der Waals surface area contributed by atoms with E-state index in [0.29, 0.717) is 5.69 Å². The second kappa shape index (κ2) is 6.61. The third-order valence-corrected chi connectivity index (χ3v) is 7.11. The summed E-state index contributed by atoms with van der Waals surface area (Å²) >= 11 is 0. The zero-order valence-electron chi connectivity index (χ0n) is 16.3. The van der Waals surface area contributed by atoms with Crippen molar-refractivity contribution in [2.24, 2.45) is 17.8 Å². The third-order valence-electron chi connectivity index (χ3n) is 7.11. The molecule has 4 aliphatic carbocycles. The molecule has 144 valence electrons. The van der Waals surface area contributed by atoms with Crippen LogP contribution >= 0.6 is 0 Å². The molecule has 0 unspecified atom stereocenters. The lowest BCUT2D eigenvalue weighted by Gasteiger charge is -2.56. The first-order valence-corrected chi connectivity index (χ1v) is 10.8. The number of nitrogens with one attached hydrogen (secondary N) is 1. The van der Waals surface area contributed by atoms with E-state index in [0.717, 1.165) is 41.8 Å². The number of carbonyl (C=O) groups excluding carboxylic acids is 1. The van der Waals surface area contributed by atoms with Crippen LogP contribution in [0.5, 0.6) is 0 Å². The van der Waals surface area contributed by atoms with E-state index in [4.69, 9.17) is 5.10 Å². The fourth-order valence-electron chi connectivity index (χ4n) is 6.41. The maximum Gasteiger partial charge on any atom is 0.272 e. The molecule has 6 rings (SSSR count). The van der Waals surface area contributed by atoms with Gasteiger partial charge in [-0.3, -0.25) is 4.79 Å². The summed E-state index contributed by atoms with van der Waals surface area (Å²) in [6.07, 6.45) is 12.8. The molecule has 0 aromatic carbocycles. The third kappa shape index (κ3) is 3.05. The molecule has 1 amide bonds. The van der Waals surface area contributed by atoms with Crippen molar-refractivity contribution in [3.8, 4) is 0 Å². The first kappa shape index (κ1) is 17.2. The van der Waals surface area contributed by atoms with Gasteiger partial charge in [0.25, 0.3) is 5.91 Å². The van der Waals surface area contributed by atoms with Crippen molar-refractivity contribution in [2.45, 2.75) is 76.8 Å². The molecule has 4 saturated carbocycles. The van der Waals surface area contributed by atoms with Gasteiger partial charge in [0.2, 0.25) is 0 Å². The quantitative estimate of drug-likeness (QED) is 0.775. The van der Waals surface area contributed by atoms with Gasteiger partial charge in [0.15, 0.2) is 11.3 Å². The molecule has 1 N–H and O–H groups in total. The van der Waals surface area contributed by atoms with Crippen molar-refractivity contribution in [3.05, 3.63) is 24.0 Å². The number of unbranched alkanes of at least 4 members (excludes halogenated alkanes) is 2. The summed E-state index contributed by atoms with van der Waals surface area (Å²) in [6.45, 7) is 3.02. The number of hydrogen-bond donors (Lipinski definition) is 1. The van der Waals surface area contributed by atoms with Crippen LogP contribution in [0.2, 0.25) is 0 Å². The lowest BCUT2D eigenvalue weighted by atomic mass is 9.53. The monoisotopic (exact) mass is 366 g/mol. The molecule has 4 bridgehead atoms. The Morgan fingerprint density at radius 3 is 2.56 bits per heavy atom. The Hall–Kier alpha value is -1.91. The van der Waals surface area contributed by atoms with Gasteiger partial charge >= 0.3 is 0 Å². The van der Waals surface area contributed by atoms with Crippen LogP contribution in [-0.2, 0) is 6.54 Å². The Balaban J connectivity index is 1.41. The largest absolute Gasteiger partial charge is 0.345 e. The number of aromatic nitrogens is 3. The molecule has 0 atom stereocenters. The van der Waals surface area contributed by atoms with Crippen LogP contribution in [-0.4, -0.2) is 26.2 Å². The van der Waals surface area contributed by atoms with Crippen LogP contribution in [0.4, 0.5) is 0 Å². The lowest BCUT2D eigenvalue weighted by molar-refractivity contribution is -0.0167. The van der Waals surface area contributed by atoms with Gasteiger partial charge in [0.05, 0.1) is 5.39 Å². The number of hydrogen-bond acceptors (Lipinski definition) is 3. The minimum absolute atomic E-state index is 0.00388. The number of rotatable bonds is 6. The van der Waals surface area contributed by atoms with Gasteiger partial charge in [-0.05, 0) is 74.8 Å². The molecule has 5 nitrogen and oxygen atoms in total. The van der Waals surface area contributed by atoms with Crippen molar-refractivity contribution in [2.75, 3.05) is 0 Å². The summed E-state index contributed by atoms with van der Waals surface area (Å²) in [5, 5.41) is 9.06. The van der Waals surface area contributed by atoms with Crippen molar-refractivity contribution in [1.82, 2.24) is 20.1 Å². The van der Waals surface area contributed by atoms with Crippen LogP contribution in [0.15, 0.2) is 18.3 Å². The van der Waals surface area contributed by atoms with Gasteiger partial charge in [-0.1, -0.05) is 19.8 Å². The van der Waals surface area contributed by atoms with E-state index in [1.54, 1.807) is 6.20 Å². The second-order valence-electron chi connectivity index (χ2n) is 9.31. The van der Waals surface area contributed by atoms with Crippen LogP contribution in [0.1, 0.15) is 75.2 Å². The van der Waals surface area contributed by atoms with E-state index in [-0.39, 0.29) is 11.4 Å². The standard InChI is InChI=1S/C22H30N4O/c1-2-3-4-8-26-20-18(6-5-7-23-20)19(25-26)21(27)24-22-12-15-9-16(13-22)11-17(10-15)14-22/h5-7,15-17H,2-4,8-14H2,1H3,(H,24,27). The topological polar surface area (TPSA) is 59.8 Å². The van der Waals surface area contributed by atoms with Gasteiger partial charge < -0.3 is 5.32 Å². The van der Waals surface area contributed by atoms with Gasteiger partial charge in [-0.15, -0.1) is 0 Å². The van der Waals surface area contributed by atoms with Crippen LogP contribution < -0.4 is 5.32 Å². The maximum atomic E-state index is 13.3. The highest BCUT2D eigenvalue weighted by Crippen LogP contribution is 2.55. The highest BCUT2D eigenvalue weighted by atomic mass is 16.2.